The van der Waals surface area contributed by atoms with Crippen LogP contribution in [0.15, 0.2) is 33.5 Å². The lowest BCUT2D eigenvalue weighted by Crippen LogP contribution is -2.06. The Balaban J connectivity index is 2.85. The van der Waals surface area contributed by atoms with Crippen LogP contribution < -0.4 is 5.43 Å². The molecule has 76 valence electrons. The molecule has 0 saturated carbocycles. The molecule has 1 aromatic heterocycles. The van der Waals surface area contributed by atoms with Gasteiger partial charge in [-0.2, -0.15) is 0 Å². The first-order valence-corrected chi connectivity index (χ1v) is 4.04. The minimum Gasteiger partial charge on any atom is -0.475 e. The fourth-order valence-corrected chi connectivity index (χ4v) is 1.23. The van der Waals surface area contributed by atoms with Gasteiger partial charge in [-0.1, -0.05) is 0 Å². The van der Waals surface area contributed by atoms with Crippen LogP contribution in [0.1, 0.15) is 10.6 Å². The van der Waals surface area contributed by atoms with Crippen LogP contribution in [0, 0.1) is 5.82 Å². The van der Waals surface area contributed by atoms with E-state index in [1.165, 1.54) is 6.07 Å². The van der Waals surface area contributed by atoms with Gasteiger partial charge in [0.15, 0.2) is 5.43 Å². The van der Waals surface area contributed by atoms with Crippen LogP contribution in [0.4, 0.5) is 4.39 Å². The predicted octanol–water partition coefficient (Wildman–Crippen LogP) is 1.63. The zero-order chi connectivity index (χ0) is 11.0. The van der Waals surface area contributed by atoms with Crippen molar-refractivity contribution in [3.8, 4) is 0 Å². The first-order valence-electron chi connectivity index (χ1n) is 4.04. The molecule has 4 nitrogen and oxygen atoms in total. The summed E-state index contributed by atoms with van der Waals surface area (Å²) in [5, 5.41) is 8.77. The number of aromatic carboxylic acids is 1. The fraction of sp³-hybridized carbons (Fsp3) is 0. The van der Waals surface area contributed by atoms with E-state index in [1.54, 1.807) is 0 Å². The smallest absolute Gasteiger partial charge is 0.371 e. The summed E-state index contributed by atoms with van der Waals surface area (Å²) in [6.45, 7) is 0. The summed E-state index contributed by atoms with van der Waals surface area (Å²) in [4.78, 5) is 21.9. The van der Waals surface area contributed by atoms with Crippen molar-refractivity contribution >= 4 is 16.9 Å². The second-order valence-electron chi connectivity index (χ2n) is 2.92. The highest BCUT2D eigenvalue weighted by molar-refractivity contribution is 5.87. The summed E-state index contributed by atoms with van der Waals surface area (Å²) in [6.07, 6.45) is 0. The average molecular weight is 208 g/mol. The Morgan fingerprint density at radius 1 is 1.33 bits per heavy atom. The minimum absolute atomic E-state index is 0.0695. The third-order valence-electron chi connectivity index (χ3n) is 1.90. The molecule has 0 fully saturated rings. The van der Waals surface area contributed by atoms with Gasteiger partial charge in [-0.15, -0.1) is 0 Å². The first kappa shape index (κ1) is 9.39. The molecule has 0 bridgehead atoms. The largest absolute Gasteiger partial charge is 0.475 e. The molecule has 1 aromatic carbocycles. The van der Waals surface area contributed by atoms with Crippen molar-refractivity contribution in [1.82, 2.24) is 0 Å². The quantitative estimate of drug-likeness (QED) is 0.773. The molecule has 0 spiro atoms. The Morgan fingerprint density at radius 3 is 2.73 bits per heavy atom. The van der Waals surface area contributed by atoms with Crippen LogP contribution in [0.3, 0.4) is 0 Å². The fourth-order valence-electron chi connectivity index (χ4n) is 1.23. The second kappa shape index (κ2) is 3.20. The first-order chi connectivity index (χ1) is 7.08. The third kappa shape index (κ3) is 1.59. The lowest BCUT2D eigenvalue weighted by Gasteiger charge is -1.98. The Labute approximate surface area is 82.6 Å². The molecule has 0 saturated heterocycles. The number of carboxylic acid groups (broad SMARTS) is 1. The Morgan fingerprint density at radius 2 is 2.07 bits per heavy atom. The molecular formula is C10H5FO4. The zero-order valence-corrected chi connectivity index (χ0v) is 7.36. The molecule has 2 aromatic rings. The van der Waals surface area contributed by atoms with Crippen molar-refractivity contribution in [3.05, 3.63) is 46.1 Å². The number of fused-ring (bicyclic) bond motifs is 1. The van der Waals surface area contributed by atoms with Gasteiger partial charge in [-0.3, -0.25) is 4.79 Å². The summed E-state index contributed by atoms with van der Waals surface area (Å²) < 4.78 is 17.6. The summed E-state index contributed by atoms with van der Waals surface area (Å²) in [5.74, 6) is -2.45. The predicted molar refractivity (Wildman–Crippen MR) is 49.4 cm³/mol. The van der Waals surface area contributed by atoms with Crippen LogP contribution >= 0.6 is 0 Å². The third-order valence-corrected chi connectivity index (χ3v) is 1.90. The van der Waals surface area contributed by atoms with E-state index in [0.717, 1.165) is 18.2 Å². The molecule has 0 amide bonds. The van der Waals surface area contributed by atoms with Gasteiger partial charge in [0.2, 0.25) is 5.76 Å². The van der Waals surface area contributed by atoms with Gasteiger partial charge < -0.3 is 9.52 Å². The molecule has 0 atom stereocenters. The van der Waals surface area contributed by atoms with Crippen molar-refractivity contribution in [3.63, 3.8) is 0 Å². The Bertz CT molecular complexity index is 600. The number of halogens is 1. The molecule has 0 aliphatic rings. The van der Waals surface area contributed by atoms with Crippen molar-refractivity contribution in [2.75, 3.05) is 0 Å². The number of benzene rings is 1. The van der Waals surface area contributed by atoms with E-state index in [9.17, 15) is 14.0 Å². The van der Waals surface area contributed by atoms with Gasteiger partial charge in [0, 0.05) is 12.1 Å². The van der Waals surface area contributed by atoms with Gasteiger partial charge >= 0.3 is 5.97 Å². The number of carbonyl (C=O) groups is 1. The second-order valence-corrected chi connectivity index (χ2v) is 2.92. The van der Waals surface area contributed by atoms with Crippen molar-refractivity contribution in [1.29, 1.82) is 0 Å². The number of rotatable bonds is 1. The molecule has 0 unspecified atom stereocenters. The summed E-state index contributed by atoms with van der Waals surface area (Å²) >= 11 is 0. The topological polar surface area (TPSA) is 67.5 Å². The molecule has 2 rings (SSSR count). The van der Waals surface area contributed by atoms with E-state index in [2.05, 4.69) is 0 Å². The van der Waals surface area contributed by atoms with Gasteiger partial charge in [0.25, 0.3) is 0 Å². The molecule has 5 heteroatoms. The minimum atomic E-state index is -1.36. The maximum absolute atomic E-state index is 12.8. The summed E-state index contributed by atoms with van der Waals surface area (Å²) in [5.41, 5.74) is -0.575. The highest BCUT2D eigenvalue weighted by atomic mass is 19.1. The highest BCUT2D eigenvalue weighted by Crippen LogP contribution is 2.13. The maximum atomic E-state index is 12.8. The number of hydrogen-bond donors (Lipinski definition) is 1. The molecule has 0 aliphatic carbocycles. The van der Waals surface area contributed by atoms with Crippen LogP contribution in [0.5, 0.6) is 0 Å². The normalized spacial score (nSPS) is 10.5. The highest BCUT2D eigenvalue weighted by Gasteiger charge is 2.10. The maximum Gasteiger partial charge on any atom is 0.371 e. The molecular weight excluding hydrogens is 203 g/mol. The van der Waals surface area contributed by atoms with Gasteiger partial charge in [0.05, 0.1) is 5.39 Å². The summed E-state index contributed by atoms with van der Waals surface area (Å²) in [6, 6.07) is 4.20. The van der Waals surface area contributed by atoms with Gasteiger partial charge in [0.1, 0.15) is 11.4 Å². The van der Waals surface area contributed by atoms with Crippen molar-refractivity contribution in [2.45, 2.75) is 0 Å². The molecule has 1 N–H and O–H groups in total. The van der Waals surface area contributed by atoms with E-state index in [1.807, 2.05) is 0 Å². The molecule has 0 radical (unpaired) electrons. The van der Waals surface area contributed by atoms with Crippen LogP contribution in [-0.2, 0) is 0 Å². The lowest BCUT2D eigenvalue weighted by molar-refractivity contribution is 0.0663. The summed E-state index contributed by atoms with van der Waals surface area (Å²) in [7, 11) is 0. The lowest BCUT2D eigenvalue weighted by atomic mass is 10.2. The molecule has 0 aliphatic heterocycles. The number of carboxylic acids is 1. The van der Waals surface area contributed by atoms with Gasteiger partial charge in [-0.25, -0.2) is 9.18 Å². The van der Waals surface area contributed by atoms with Gasteiger partial charge in [-0.05, 0) is 12.1 Å². The molecule has 15 heavy (non-hydrogen) atoms. The van der Waals surface area contributed by atoms with E-state index < -0.39 is 23.0 Å². The van der Waals surface area contributed by atoms with Crippen LogP contribution in [-0.4, -0.2) is 11.1 Å². The Kier molecular flexibility index (Phi) is 2.00. The van der Waals surface area contributed by atoms with E-state index >= 15 is 0 Å². The SMILES string of the molecule is O=C(O)c1cc(=O)c2ccc(F)cc2o1. The average Bonchev–Trinajstić information content (AvgIpc) is 2.16. The van der Waals surface area contributed by atoms with Crippen LogP contribution in [0.25, 0.3) is 11.0 Å². The van der Waals surface area contributed by atoms with Crippen LogP contribution in [0.2, 0.25) is 0 Å². The standard InChI is InChI=1S/C10H5FO4/c11-5-1-2-6-7(12)4-9(10(13)14)15-8(6)3-5/h1-4H,(H,13,14). The molecule has 1 heterocycles. The van der Waals surface area contributed by atoms with E-state index in [0.29, 0.717) is 0 Å². The van der Waals surface area contributed by atoms with Crippen molar-refractivity contribution in [2.24, 2.45) is 0 Å². The number of hydrogen-bond acceptors (Lipinski definition) is 3. The van der Waals surface area contributed by atoms with E-state index in [4.69, 9.17) is 9.52 Å². The Hall–Kier alpha value is -2.17. The monoisotopic (exact) mass is 208 g/mol. The van der Waals surface area contributed by atoms with E-state index in [-0.39, 0.29) is 11.0 Å². The zero-order valence-electron chi connectivity index (χ0n) is 7.36. The van der Waals surface area contributed by atoms with Crippen molar-refractivity contribution < 1.29 is 18.7 Å².